The molecule has 0 saturated carbocycles. The molecule has 2 aromatic carbocycles. The maximum absolute atomic E-state index is 12.8. The van der Waals surface area contributed by atoms with Crippen LogP contribution < -0.4 is 5.32 Å². The van der Waals surface area contributed by atoms with E-state index in [2.05, 4.69) is 51.6 Å². The minimum atomic E-state index is -0.125. The molecule has 5 heteroatoms. The van der Waals surface area contributed by atoms with Crippen molar-refractivity contribution in [3.63, 3.8) is 0 Å². The molecular weight excluding hydrogens is 336 g/mol. The van der Waals surface area contributed by atoms with Crippen molar-refractivity contribution >= 4 is 5.91 Å². The number of nitrogens with zero attached hydrogens (tertiary/aromatic N) is 2. The molecule has 2 N–H and O–H groups in total. The number of H-pyrrole nitrogens is 1. The van der Waals surface area contributed by atoms with Crippen molar-refractivity contribution in [2.75, 3.05) is 20.6 Å². The topological polar surface area (TPSA) is 61.0 Å². The number of carbonyl (C=O) groups excluding carboxylic acids is 1. The molecule has 0 aliphatic heterocycles. The zero-order valence-corrected chi connectivity index (χ0v) is 16.1. The molecule has 0 radical (unpaired) electrons. The highest BCUT2D eigenvalue weighted by Crippen LogP contribution is 2.22. The fourth-order valence-corrected chi connectivity index (χ4v) is 3.14. The standard InChI is InChI=1S/C22H26N4O/c1-4-16-10-12-17(13-11-16)20(26(2)3)15-23-22(27)19-14-24-25-21(19)18-8-6-5-7-9-18/h5-14,20H,4,15H2,1-3H3,(H,23,27)(H,24,25). The van der Waals surface area contributed by atoms with Crippen LogP contribution in [0.15, 0.2) is 60.8 Å². The van der Waals surface area contributed by atoms with Gasteiger partial charge in [0.15, 0.2) is 0 Å². The number of hydrogen-bond acceptors (Lipinski definition) is 3. The molecule has 3 rings (SSSR count). The Kier molecular flexibility index (Phi) is 6.04. The maximum atomic E-state index is 12.8. The number of hydrogen-bond donors (Lipinski definition) is 2. The Morgan fingerprint density at radius 1 is 1.11 bits per heavy atom. The van der Waals surface area contributed by atoms with Crippen LogP contribution in [0.3, 0.4) is 0 Å². The SMILES string of the molecule is CCc1ccc(C(CNC(=O)c2cn[nH]c2-c2ccccc2)N(C)C)cc1. The van der Waals surface area contributed by atoms with Crippen LogP contribution in [0.1, 0.15) is 34.5 Å². The largest absolute Gasteiger partial charge is 0.350 e. The Morgan fingerprint density at radius 3 is 2.44 bits per heavy atom. The molecule has 0 bridgehead atoms. The second-order valence-electron chi connectivity index (χ2n) is 6.81. The normalized spacial score (nSPS) is 12.1. The van der Waals surface area contributed by atoms with Gasteiger partial charge in [-0.25, -0.2) is 0 Å². The Hall–Kier alpha value is -2.92. The van der Waals surface area contributed by atoms with Gasteiger partial charge in [0.2, 0.25) is 0 Å². The number of rotatable bonds is 7. The van der Waals surface area contributed by atoms with Gasteiger partial charge < -0.3 is 10.2 Å². The van der Waals surface area contributed by atoms with Crippen molar-refractivity contribution in [1.82, 2.24) is 20.4 Å². The van der Waals surface area contributed by atoms with E-state index >= 15 is 0 Å². The average molecular weight is 362 g/mol. The smallest absolute Gasteiger partial charge is 0.255 e. The number of carbonyl (C=O) groups is 1. The summed E-state index contributed by atoms with van der Waals surface area (Å²) in [6.45, 7) is 2.67. The van der Waals surface area contributed by atoms with Gasteiger partial charge in [-0.05, 0) is 31.6 Å². The Balaban J connectivity index is 1.73. The third kappa shape index (κ3) is 4.44. The predicted molar refractivity (Wildman–Crippen MR) is 109 cm³/mol. The number of nitrogens with one attached hydrogen (secondary N) is 2. The summed E-state index contributed by atoms with van der Waals surface area (Å²) >= 11 is 0. The number of aromatic nitrogens is 2. The molecule has 5 nitrogen and oxygen atoms in total. The van der Waals surface area contributed by atoms with Crippen molar-refractivity contribution in [1.29, 1.82) is 0 Å². The molecule has 0 fully saturated rings. The summed E-state index contributed by atoms with van der Waals surface area (Å²) in [6, 6.07) is 18.4. The first-order chi connectivity index (χ1) is 13.1. The molecule has 0 aliphatic rings. The quantitative estimate of drug-likeness (QED) is 0.674. The van der Waals surface area contributed by atoms with E-state index in [0.29, 0.717) is 12.1 Å². The van der Waals surface area contributed by atoms with E-state index in [0.717, 1.165) is 17.7 Å². The van der Waals surface area contributed by atoms with Gasteiger partial charge in [0.05, 0.1) is 23.5 Å². The first-order valence-corrected chi connectivity index (χ1v) is 9.22. The van der Waals surface area contributed by atoms with Gasteiger partial charge >= 0.3 is 0 Å². The number of aromatic amines is 1. The molecule has 1 atom stereocenters. The molecule has 0 spiro atoms. The minimum Gasteiger partial charge on any atom is -0.350 e. The lowest BCUT2D eigenvalue weighted by Crippen LogP contribution is -2.34. The molecule has 0 aliphatic carbocycles. The van der Waals surface area contributed by atoms with Crippen LogP contribution in [-0.2, 0) is 6.42 Å². The zero-order valence-electron chi connectivity index (χ0n) is 16.1. The Morgan fingerprint density at radius 2 is 1.81 bits per heavy atom. The van der Waals surface area contributed by atoms with Crippen LogP contribution >= 0.6 is 0 Å². The summed E-state index contributed by atoms with van der Waals surface area (Å²) in [5.41, 5.74) is 4.74. The first kappa shape index (κ1) is 18.9. The molecule has 1 amide bonds. The molecule has 0 saturated heterocycles. The molecule has 1 aromatic heterocycles. The second kappa shape index (κ2) is 8.64. The number of benzene rings is 2. The van der Waals surface area contributed by atoms with E-state index in [-0.39, 0.29) is 11.9 Å². The van der Waals surface area contributed by atoms with E-state index in [9.17, 15) is 4.79 Å². The van der Waals surface area contributed by atoms with Crippen molar-refractivity contribution in [2.24, 2.45) is 0 Å². The summed E-state index contributed by atoms with van der Waals surface area (Å²) in [7, 11) is 4.05. The van der Waals surface area contributed by atoms with Gasteiger partial charge in [0.1, 0.15) is 0 Å². The monoisotopic (exact) mass is 362 g/mol. The van der Waals surface area contributed by atoms with E-state index in [1.54, 1.807) is 6.20 Å². The third-order valence-electron chi connectivity index (χ3n) is 4.80. The van der Waals surface area contributed by atoms with E-state index < -0.39 is 0 Å². The summed E-state index contributed by atoms with van der Waals surface area (Å²) in [6.07, 6.45) is 2.60. The lowest BCUT2D eigenvalue weighted by molar-refractivity contribution is 0.0942. The molecular formula is C22H26N4O. The second-order valence-corrected chi connectivity index (χ2v) is 6.81. The predicted octanol–water partition coefficient (Wildman–Crippen LogP) is 3.67. The zero-order chi connectivity index (χ0) is 19.2. The van der Waals surface area contributed by atoms with Crippen LogP contribution in [-0.4, -0.2) is 41.6 Å². The van der Waals surface area contributed by atoms with E-state index in [1.807, 2.05) is 44.4 Å². The maximum Gasteiger partial charge on any atom is 0.255 e. The van der Waals surface area contributed by atoms with Crippen LogP contribution in [0.4, 0.5) is 0 Å². The minimum absolute atomic E-state index is 0.104. The molecule has 3 aromatic rings. The summed E-state index contributed by atoms with van der Waals surface area (Å²) in [5.74, 6) is -0.125. The summed E-state index contributed by atoms with van der Waals surface area (Å²) < 4.78 is 0. The highest BCUT2D eigenvalue weighted by molar-refractivity contribution is 5.99. The van der Waals surface area contributed by atoms with Gasteiger partial charge in [-0.1, -0.05) is 61.5 Å². The number of aryl methyl sites for hydroxylation is 1. The van der Waals surface area contributed by atoms with Gasteiger partial charge in [-0.2, -0.15) is 5.10 Å². The first-order valence-electron chi connectivity index (χ1n) is 9.22. The van der Waals surface area contributed by atoms with E-state index in [4.69, 9.17) is 0 Å². The van der Waals surface area contributed by atoms with Crippen LogP contribution in [0.2, 0.25) is 0 Å². The molecule has 140 valence electrons. The fraction of sp³-hybridized carbons (Fsp3) is 0.273. The Bertz CT molecular complexity index is 869. The van der Waals surface area contributed by atoms with Gasteiger partial charge in [0, 0.05) is 12.1 Å². The van der Waals surface area contributed by atoms with Crippen molar-refractivity contribution in [2.45, 2.75) is 19.4 Å². The van der Waals surface area contributed by atoms with Crippen LogP contribution in [0, 0.1) is 0 Å². The van der Waals surface area contributed by atoms with E-state index in [1.165, 1.54) is 11.1 Å². The van der Waals surface area contributed by atoms with Crippen molar-refractivity contribution < 1.29 is 4.79 Å². The Labute approximate surface area is 160 Å². The molecule has 27 heavy (non-hydrogen) atoms. The summed E-state index contributed by atoms with van der Waals surface area (Å²) in [5, 5.41) is 10.1. The third-order valence-corrected chi connectivity index (χ3v) is 4.80. The lowest BCUT2D eigenvalue weighted by Gasteiger charge is -2.25. The van der Waals surface area contributed by atoms with Crippen LogP contribution in [0.5, 0.6) is 0 Å². The molecule has 1 unspecified atom stereocenters. The fourth-order valence-electron chi connectivity index (χ4n) is 3.14. The van der Waals surface area contributed by atoms with Crippen molar-refractivity contribution in [3.05, 3.63) is 77.5 Å². The lowest BCUT2D eigenvalue weighted by atomic mass is 10.0. The van der Waals surface area contributed by atoms with Gasteiger partial charge in [-0.3, -0.25) is 9.89 Å². The van der Waals surface area contributed by atoms with Gasteiger partial charge in [-0.15, -0.1) is 0 Å². The number of likely N-dealkylation sites (N-methyl/N-ethyl adjacent to an activating group) is 1. The van der Waals surface area contributed by atoms with Gasteiger partial charge in [0.25, 0.3) is 5.91 Å². The van der Waals surface area contributed by atoms with Crippen molar-refractivity contribution in [3.8, 4) is 11.3 Å². The highest BCUT2D eigenvalue weighted by Gasteiger charge is 2.19. The highest BCUT2D eigenvalue weighted by atomic mass is 16.1. The average Bonchev–Trinajstić information content (AvgIpc) is 3.19. The van der Waals surface area contributed by atoms with Crippen LogP contribution in [0.25, 0.3) is 11.3 Å². The number of amides is 1. The summed E-state index contributed by atoms with van der Waals surface area (Å²) in [4.78, 5) is 14.9. The molecule has 1 heterocycles.